The molecule has 28 heavy (non-hydrogen) atoms. The fourth-order valence-corrected chi connectivity index (χ4v) is 4.52. The minimum absolute atomic E-state index is 0.197. The van der Waals surface area contributed by atoms with Crippen molar-refractivity contribution in [1.82, 2.24) is 4.31 Å². The van der Waals surface area contributed by atoms with E-state index in [1.807, 2.05) is 24.3 Å². The number of ether oxygens (including phenoxy) is 1. The summed E-state index contributed by atoms with van der Waals surface area (Å²) in [6.07, 6.45) is 3.03. The number of amides is 1. The van der Waals surface area contributed by atoms with E-state index in [-0.39, 0.29) is 10.8 Å². The highest BCUT2D eigenvalue weighted by molar-refractivity contribution is 7.89. The van der Waals surface area contributed by atoms with Crippen LogP contribution in [0.5, 0.6) is 5.75 Å². The maximum atomic E-state index is 12.8. The highest BCUT2D eigenvalue weighted by Gasteiger charge is 2.23. The Labute approximate surface area is 166 Å². The average molecular weight is 403 g/mol. The molecule has 0 aliphatic carbocycles. The fraction of sp³-hybridized carbons (Fsp3) is 0.286. The smallest absolute Gasteiger partial charge is 0.248 e. The maximum Gasteiger partial charge on any atom is 0.248 e. The van der Waals surface area contributed by atoms with E-state index < -0.39 is 10.0 Å². The second-order valence-electron chi connectivity index (χ2n) is 6.13. The van der Waals surface area contributed by atoms with Gasteiger partial charge in [0.15, 0.2) is 0 Å². The first-order valence-corrected chi connectivity index (χ1v) is 10.5. The van der Waals surface area contributed by atoms with Crippen molar-refractivity contribution in [2.75, 3.05) is 25.5 Å². The second kappa shape index (κ2) is 9.52. The van der Waals surface area contributed by atoms with Crippen molar-refractivity contribution in [2.45, 2.75) is 25.7 Å². The first-order valence-electron chi connectivity index (χ1n) is 9.06. The van der Waals surface area contributed by atoms with Crippen molar-refractivity contribution in [3.63, 3.8) is 0 Å². The lowest BCUT2D eigenvalue weighted by molar-refractivity contribution is -0.111. The van der Waals surface area contributed by atoms with Crippen LogP contribution in [0.3, 0.4) is 0 Å². The van der Waals surface area contributed by atoms with Crippen molar-refractivity contribution >= 4 is 27.7 Å². The molecule has 150 valence electrons. The highest BCUT2D eigenvalue weighted by atomic mass is 32.2. The molecule has 0 bridgehead atoms. The molecular formula is C21H26N2O4S. The Kier molecular flexibility index (Phi) is 7.37. The van der Waals surface area contributed by atoms with Gasteiger partial charge in [-0.15, -0.1) is 0 Å². The number of benzene rings is 2. The van der Waals surface area contributed by atoms with Crippen LogP contribution in [-0.2, 0) is 14.8 Å². The molecule has 0 aliphatic rings. The Morgan fingerprint density at radius 1 is 1.14 bits per heavy atom. The number of aryl methyl sites for hydroxylation is 1. The van der Waals surface area contributed by atoms with Crippen molar-refractivity contribution in [2.24, 2.45) is 0 Å². The number of sulfonamides is 1. The number of nitrogens with zero attached hydrogens (tertiary/aromatic N) is 1. The van der Waals surface area contributed by atoms with E-state index >= 15 is 0 Å². The van der Waals surface area contributed by atoms with Gasteiger partial charge in [-0.1, -0.05) is 38.1 Å². The Morgan fingerprint density at radius 3 is 2.46 bits per heavy atom. The number of hydrogen-bond acceptors (Lipinski definition) is 4. The molecule has 0 fully saturated rings. The van der Waals surface area contributed by atoms with Gasteiger partial charge in [0.1, 0.15) is 5.75 Å². The first kappa shape index (κ1) is 21.7. The molecule has 0 radical (unpaired) electrons. The minimum atomic E-state index is -3.61. The molecule has 0 aromatic heterocycles. The van der Waals surface area contributed by atoms with Gasteiger partial charge < -0.3 is 10.1 Å². The van der Waals surface area contributed by atoms with Gasteiger partial charge in [0, 0.05) is 30.4 Å². The molecule has 0 aliphatic heterocycles. The summed E-state index contributed by atoms with van der Waals surface area (Å²) in [7, 11) is -2.04. The zero-order valence-electron chi connectivity index (χ0n) is 16.6. The normalized spacial score (nSPS) is 11.8. The van der Waals surface area contributed by atoms with Gasteiger partial charge in [-0.3, -0.25) is 4.79 Å². The number of nitrogens with one attached hydrogen (secondary N) is 1. The lowest BCUT2D eigenvalue weighted by Crippen LogP contribution is -2.31. The summed E-state index contributed by atoms with van der Waals surface area (Å²) in [5.74, 6) is 0.301. The molecule has 1 N–H and O–H groups in total. The van der Waals surface area contributed by atoms with E-state index in [4.69, 9.17) is 4.74 Å². The van der Waals surface area contributed by atoms with Crippen LogP contribution in [0.25, 0.3) is 6.08 Å². The maximum absolute atomic E-state index is 12.8. The van der Waals surface area contributed by atoms with E-state index in [1.165, 1.54) is 16.4 Å². The number of rotatable bonds is 8. The predicted octanol–water partition coefficient (Wildman–Crippen LogP) is 3.69. The van der Waals surface area contributed by atoms with E-state index in [0.29, 0.717) is 30.1 Å². The molecule has 2 rings (SSSR count). The molecule has 0 atom stereocenters. The molecule has 0 heterocycles. The van der Waals surface area contributed by atoms with Crippen molar-refractivity contribution < 1.29 is 17.9 Å². The van der Waals surface area contributed by atoms with Crippen LogP contribution in [0.2, 0.25) is 0 Å². The van der Waals surface area contributed by atoms with Gasteiger partial charge in [0.05, 0.1) is 12.0 Å². The van der Waals surface area contributed by atoms with E-state index in [2.05, 4.69) is 5.32 Å². The van der Waals surface area contributed by atoms with Gasteiger partial charge >= 0.3 is 0 Å². The topological polar surface area (TPSA) is 75.7 Å². The second-order valence-corrected chi connectivity index (χ2v) is 8.04. The van der Waals surface area contributed by atoms with Gasteiger partial charge in [-0.05, 0) is 36.8 Å². The molecule has 7 heteroatoms. The number of carbonyl (C=O) groups is 1. The van der Waals surface area contributed by atoms with Crippen molar-refractivity contribution in [3.05, 3.63) is 59.7 Å². The minimum Gasteiger partial charge on any atom is -0.496 e. The summed E-state index contributed by atoms with van der Waals surface area (Å²) in [5.41, 5.74) is 1.83. The molecule has 0 unspecified atom stereocenters. The number of anilines is 1. The Morgan fingerprint density at radius 2 is 1.82 bits per heavy atom. The summed E-state index contributed by atoms with van der Waals surface area (Å²) in [5, 5.41) is 2.71. The standard InChI is InChI=1S/C21H26N2O4S/c1-5-23(6-2)28(25,26)20-15-18(13-11-16(20)3)22-21(24)14-12-17-9-7-8-10-19(17)27-4/h7-15H,5-6H2,1-4H3,(H,22,24)/b14-12+. The third-order valence-electron chi connectivity index (χ3n) is 4.33. The van der Waals surface area contributed by atoms with Crippen LogP contribution in [-0.4, -0.2) is 38.8 Å². The number of methoxy groups -OCH3 is 1. The quantitative estimate of drug-likeness (QED) is 0.684. The van der Waals surface area contributed by atoms with Gasteiger partial charge in [0.2, 0.25) is 15.9 Å². The lowest BCUT2D eigenvalue weighted by Gasteiger charge is -2.20. The number of hydrogen-bond donors (Lipinski definition) is 1. The van der Waals surface area contributed by atoms with E-state index in [9.17, 15) is 13.2 Å². The average Bonchev–Trinajstić information content (AvgIpc) is 2.68. The monoisotopic (exact) mass is 402 g/mol. The van der Waals surface area contributed by atoms with Gasteiger partial charge in [0.25, 0.3) is 0 Å². The third kappa shape index (κ3) is 4.99. The number of para-hydroxylation sites is 1. The van der Waals surface area contributed by atoms with Crippen LogP contribution in [0.15, 0.2) is 53.4 Å². The van der Waals surface area contributed by atoms with Crippen LogP contribution in [0.1, 0.15) is 25.0 Å². The number of carbonyl (C=O) groups excluding carboxylic acids is 1. The third-order valence-corrected chi connectivity index (χ3v) is 6.52. The first-order chi connectivity index (χ1) is 13.3. The molecule has 2 aromatic carbocycles. The van der Waals surface area contributed by atoms with E-state index in [0.717, 1.165) is 5.56 Å². The Balaban J connectivity index is 2.23. The summed E-state index contributed by atoms with van der Waals surface area (Å²) in [4.78, 5) is 12.5. The zero-order chi connectivity index (χ0) is 20.7. The van der Waals surface area contributed by atoms with Crippen LogP contribution >= 0.6 is 0 Å². The van der Waals surface area contributed by atoms with Crippen molar-refractivity contribution in [3.8, 4) is 5.75 Å². The highest BCUT2D eigenvalue weighted by Crippen LogP contribution is 2.24. The molecule has 0 saturated heterocycles. The molecule has 0 saturated carbocycles. The zero-order valence-corrected chi connectivity index (χ0v) is 17.4. The molecule has 6 nitrogen and oxygen atoms in total. The summed E-state index contributed by atoms with van der Waals surface area (Å²) in [6, 6.07) is 12.2. The fourth-order valence-electron chi connectivity index (χ4n) is 2.81. The van der Waals surface area contributed by atoms with Gasteiger partial charge in [-0.2, -0.15) is 4.31 Å². The molecule has 0 spiro atoms. The molecule has 1 amide bonds. The summed E-state index contributed by atoms with van der Waals surface area (Å²) >= 11 is 0. The molecular weight excluding hydrogens is 376 g/mol. The largest absolute Gasteiger partial charge is 0.496 e. The summed E-state index contributed by atoms with van der Waals surface area (Å²) < 4.78 is 32.3. The lowest BCUT2D eigenvalue weighted by atomic mass is 10.2. The van der Waals surface area contributed by atoms with Crippen LogP contribution < -0.4 is 10.1 Å². The van der Waals surface area contributed by atoms with Crippen molar-refractivity contribution in [1.29, 1.82) is 0 Å². The predicted molar refractivity (Wildman–Crippen MR) is 112 cm³/mol. The van der Waals surface area contributed by atoms with Crippen LogP contribution in [0, 0.1) is 6.92 Å². The SMILES string of the molecule is CCN(CC)S(=O)(=O)c1cc(NC(=O)/C=C/c2ccccc2OC)ccc1C. The van der Waals surface area contributed by atoms with E-state index in [1.54, 1.807) is 46.1 Å². The van der Waals surface area contributed by atoms with Gasteiger partial charge in [-0.25, -0.2) is 8.42 Å². The Hall–Kier alpha value is -2.64. The Bertz CT molecular complexity index is 964. The summed E-state index contributed by atoms with van der Waals surface area (Å²) in [6.45, 7) is 6.10. The van der Waals surface area contributed by atoms with Crippen LogP contribution in [0.4, 0.5) is 5.69 Å². The molecule has 2 aromatic rings.